The van der Waals surface area contributed by atoms with Gasteiger partial charge in [0.1, 0.15) is 11.2 Å². The highest BCUT2D eigenvalue weighted by molar-refractivity contribution is 7.26. The SMILES string of the molecule is c1ccc(-c2ccc(N(c3ccc(-c4ccccc4)cc3)c3cc(-c4cccc5c4oc4ccccc45)c4sc5ccccc5c4c3)cc2)cc1. The third-order valence-electron chi connectivity index (χ3n) is 9.88. The summed E-state index contributed by atoms with van der Waals surface area (Å²) in [6.07, 6.45) is 0. The van der Waals surface area contributed by atoms with E-state index in [1.165, 1.54) is 48.0 Å². The molecule has 0 atom stereocenters. The number of benzene rings is 8. The summed E-state index contributed by atoms with van der Waals surface area (Å²) in [5.41, 5.74) is 12.1. The molecule has 0 unspecified atom stereocenters. The molecule has 240 valence electrons. The van der Waals surface area contributed by atoms with E-state index in [0.29, 0.717) is 0 Å². The zero-order chi connectivity index (χ0) is 33.7. The van der Waals surface area contributed by atoms with Crippen LogP contribution in [0.15, 0.2) is 192 Å². The normalized spacial score (nSPS) is 11.5. The minimum absolute atomic E-state index is 0.905. The van der Waals surface area contributed by atoms with Crippen molar-refractivity contribution < 1.29 is 4.42 Å². The van der Waals surface area contributed by atoms with Gasteiger partial charge in [0.25, 0.3) is 0 Å². The number of nitrogens with zero attached hydrogens (tertiary/aromatic N) is 1. The van der Waals surface area contributed by atoms with Gasteiger partial charge < -0.3 is 9.32 Å². The third kappa shape index (κ3) is 5.10. The Morgan fingerprint density at radius 3 is 1.59 bits per heavy atom. The molecule has 51 heavy (non-hydrogen) atoms. The largest absolute Gasteiger partial charge is 0.455 e. The van der Waals surface area contributed by atoms with Gasteiger partial charge in [0.2, 0.25) is 0 Å². The Kier molecular flexibility index (Phi) is 7.04. The van der Waals surface area contributed by atoms with Crippen molar-refractivity contribution in [1.82, 2.24) is 0 Å². The maximum absolute atomic E-state index is 6.63. The lowest BCUT2D eigenvalue weighted by atomic mass is 9.98. The van der Waals surface area contributed by atoms with Gasteiger partial charge in [-0.15, -0.1) is 11.3 Å². The van der Waals surface area contributed by atoms with E-state index < -0.39 is 0 Å². The Bertz CT molecular complexity index is 2750. The summed E-state index contributed by atoms with van der Waals surface area (Å²) in [6, 6.07) is 67.4. The molecule has 0 saturated heterocycles. The van der Waals surface area contributed by atoms with Crippen LogP contribution in [-0.4, -0.2) is 0 Å². The summed E-state index contributed by atoms with van der Waals surface area (Å²) in [5, 5.41) is 4.77. The van der Waals surface area contributed by atoms with Gasteiger partial charge in [-0.3, -0.25) is 0 Å². The van der Waals surface area contributed by atoms with Crippen molar-refractivity contribution in [3.8, 4) is 33.4 Å². The molecule has 10 aromatic rings. The zero-order valence-electron chi connectivity index (χ0n) is 27.7. The lowest BCUT2D eigenvalue weighted by Crippen LogP contribution is -2.10. The van der Waals surface area contributed by atoms with Crippen LogP contribution in [0.2, 0.25) is 0 Å². The number of para-hydroxylation sites is 2. The molecule has 0 amide bonds. The summed E-state index contributed by atoms with van der Waals surface area (Å²) in [7, 11) is 0. The molecule has 0 N–H and O–H groups in total. The quantitative estimate of drug-likeness (QED) is 0.175. The molecule has 2 nitrogen and oxygen atoms in total. The highest BCUT2D eigenvalue weighted by Gasteiger charge is 2.21. The number of furan rings is 1. The van der Waals surface area contributed by atoms with E-state index in [1.54, 1.807) is 0 Å². The van der Waals surface area contributed by atoms with E-state index in [0.717, 1.165) is 44.6 Å². The van der Waals surface area contributed by atoms with Crippen LogP contribution >= 0.6 is 11.3 Å². The van der Waals surface area contributed by atoms with Gasteiger partial charge in [0, 0.05) is 59.1 Å². The third-order valence-corrected chi connectivity index (χ3v) is 11.1. The summed E-state index contributed by atoms with van der Waals surface area (Å²) in [4.78, 5) is 2.39. The molecule has 0 bridgehead atoms. The van der Waals surface area contributed by atoms with E-state index in [9.17, 15) is 0 Å². The first kappa shape index (κ1) is 29.5. The lowest BCUT2D eigenvalue weighted by Gasteiger charge is -2.27. The smallest absolute Gasteiger partial charge is 0.143 e. The number of anilines is 3. The molecule has 0 aliphatic heterocycles. The molecule has 2 aromatic heterocycles. The first-order chi connectivity index (χ1) is 25.3. The highest BCUT2D eigenvalue weighted by atomic mass is 32.1. The number of rotatable bonds is 6. The first-order valence-corrected chi connectivity index (χ1v) is 18.1. The fourth-order valence-electron chi connectivity index (χ4n) is 7.41. The molecule has 0 aliphatic carbocycles. The molecule has 0 spiro atoms. The summed E-state index contributed by atoms with van der Waals surface area (Å²) in [6.45, 7) is 0. The molecule has 2 heterocycles. The number of hydrogen-bond acceptors (Lipinski definition) is 3. The number of fused-ring (bicyclic) bond motifs is 6. The standard InChI is InChI=1S/C48H31NOS/c1-3-12-32(13-4-1)34-22-26-36(27-23-34)49(37-28-24-35(25-29-37)33-14-5-2-6-15-33)38-30-43-40-17-8-10-21-46(40)51-48(43)44(31-38)42-19-11-18-41-39-16-7-9-20-45(39)50-47(41)42/h1-31H. The fraction of sp³-hybridized carbons (Fsp3) is 0. The van der Waals surface area contributed by atoms with Crippen LogP contribution in [0.4, 0.5) is 17.1 Å². The van der Waals surface area contributed by atoms with E-state index in [4.69, 9.17) is 4.42 Å². The zero-order valence-corrected chi connectivity index (χ0v) is 28.5. The minimum atomic E-state index is 0.905. The Hall–Kier alpha value is -6.42. The molecular formula is C48H31NOS. The van der Waals surface area contributed by atoms with Crippen molar-refractivity contribution in [1.29, 1.82) is 0 Å². The number of hydrogen-bond donors (Lipinski definition) is 0. The van der Waals surface area contributed by atoms with E-state index in [1.807, 2.05) is 17.4 Å². The molecule has 8 aromatic carbocycles. The Labute approximate surface area is 300 Å². The monoisotopic (exact) mass is 669 g/mol. The summed E-state index contributed by atoms with van der Waals surface area (Å²) >= 11 is 1.85. The Morgan fingerprint density at radius 2 is 0.922 bits per heavy atom. The second kappa shape index (κ2) is 12.2. The predicted molar refractivity (Wildman–Crippen MR) is 218 cm³/mol. The van der Waals surface area contributed by atoms with Crippen LogP contribution in [-0.2, 0) is 0 Å². The van der Waals surface area contributed by atoms with Crippen LogP contribution < -0.4 is 4.90 Å². The van der Waals surface area contributed by atoms with Crippen molar-refractivity contribution in [2.24, 2.45) is 0 Å². The minimum Gasteiger partial charge on any atom is -0.455 e. The summed E-state index contributed by atoms with van der Waals surface area (Å²) < 4.78 is 9.16. The van der Waals surface area contributed by atoms with Crippen molar-refractivity contribution >= 4 is 70.5 Å². The Balaban J connectivity index is 1.22. The Morgan fingerprint density at radius 1 is 0.373 bits per heavy atom. The maximum atomic E-state index is 6.63. The van der Waals surface area contributed by atoms with Crippen LogP contribution in [0.25, 0.3) is 75.5 Å². The van der Waals surface area contributed by atoms with E-state index in [-0.39, 0.29) is 0 Å². The first-order valence-electron chi connectivity index (χ1n) is 17.3. The average Bonchev–Trinajstić information content (AvgIpc) is 3.78. The van der Waals surface area contributed by atoms with Crippen LogP contribution in [0.1, 0.15) is 0 Å². The van der Waals surface area contributed by atoms with Crippen LogP contribution in [0.5, 0.6) is 0 Å². The molecule has 0 saturated carbocycles. The second-order valence-corrected chi connectivity index (χ2v) is 14.0. The van der Waals surface area contributed by atoms with Gasteiger partial charge >= 0.3 is 0 Å². The summed E-state index contributed by atoms with van der Waals surface area (Å²) in [5.74, 6) is 0. The van der Waals surface area contributed by atoms with Gasteiger partial charge in [-0.2, -0.15) is 0 Å². The molecule has 0 aliphatic rings. The van der Waals surface area contributed by atoms with Crippen LogP contribution in [0, 0.1) is 0 Å². The lowest BCUT2D eigenvalue weighted by molar-refractivity contribution is 0.670. The van der Waals surface area contributed by atoms with E-state index in [2.05, 4.69) is 187 Å². The topological polar surface area (TPSA) is 16.4 Å². The van der Waals surface area contributed by atoms with Crippen molar-refractivity contribution in [3.63, 3.8) is 0 Å². The van der Waals surface area contributed by atoms with Crippen molar-refractivity contribution in [3.05, 3.63) is 188 Å². The van der Waals surface area contributed by atoms with Gasteiger partial charge in [0.05, 0.1) is 0 Å². The maximum Gasteiger partial charge on any atom is 0.143 e. The van der Waals surface area contributed by atoms with Gasteiger partial charge in [0.15, 0.2) is 0 Å². The highest BCUT2D eigenvalue weighted by Crippen LogP contribution is 2.48. The molecule has 0 radical (unpaired) electrons. The second-order valence-electron chi connectivity index (χ2n) is 12.9. The molecular weight excluding hydrogens is 639 g/mol. The van der Waals surface area contributed by atoms with Crippen LogP contribution in [0.3, 0.4) is 0 Å². The predicted octanol–water partition coefficient (Wildman–Crippen LogP) is 14.4. The molecule has 10 rings (SSSR count). The number of thiophene rings is 1. The average molecular weight is 670 g/mol. The van der Waals surface area contributed by atoms with Crippen molar-refractivity contribution in [2.45, 2.75) is 0 Å². The van der Waals surface area contributed by atoms with E-state index >= 15 is 0 Å². The molecule has 0 fully saturated rings. The van der Waals surface area contributed by atoms with Gasteiger partial charge in [-0.05, 0) is 70.8 Å². The van der Waals surface area contributed by atoms with Crippen molar-refractivity contribution in [2.75, 3.05) is 4.90 Å². The molecule has 3 heteroatoms. The van der Waals surface area contributed by atoms with Gasteiger partial charge in [-0.1, -0.05) is 140 Å². The fourth-order valence-corrected chi connectivity index (χ4v) is 8.63. The van der Waals surface area contributed by atoms with Gasteiger partial charge in [-0.25, -0.2) is 0 Å².